The van der Waals surface area contributed by atoms with Crippen LogP contribution in [0.25, 0.3) is 0 Å². The average Bonchev–Trinajstić information content (AvgIpc) is 2.86. The molecule has 0 bridgehead atoms. The Balaban J connectivity index is 2.33. The number of hydrogen-bond donors (Lipinski definition) is 0. The summed E-state index contributed by atoms with van der Waals surface area (Å²) in [6.07, 6.45) is 0. The molecule has 0 atom stereocenters. The molecular weight excluding hydrogens is 380 g/mol. The first-order valence-corrected chi connectivity index (χ1v) is 8.87. The van der Waals surface area contributed by atoms with Crippen LogP contribution in [0.4, 0.5) is 5.69 Å². The summed E-state index contributed by atoms with van der Waals surface area (Å²) in [5, 5.41) is 12.6. The van der Waals surface area contributed by atoms with E-state index in [2.05, 4.69) is 15.9 Å². The molecule has 0 aliphatic rings. The Kier molecular flexibility index (Phi) is 4.77. The van der Waals surface area contributed by atoms with Crippen LogP contribution in [0.2, 0.25) is 0 Å². The number of hydrogen-bond acceptors (Lipinski definition) is 5. The Morgan fingerprint density at radius 2 is 2.00 bits per heavy atom. The monoisotopic (exact) mass is 390 g/mol. The van der Waals surface area contributed by atoms with Crippen LogP contribution in [-0.4, -0.2) is 24.7 Å². The molecule has 2 rings (SSSR count). The summed E-state index contributed by atoms with van der Waals surface area (Å²) >= 11 is 4.29. The highest BCUT2D eigenvalue weighted by atomic mass is 79.9. The number of nitro benzene ring substituents is 1. The fourth-order valence-electron chi connectivity index (χ4n) is 1.75. The van der Waals surface area contributed by atoms with E-state index < -0.39 is 14.9 Å². The van der Waals surface area contributed by atoms with Gasteiger partial charge in [-0.25, -0.2) is 8.42 Å². The molecule has 9 heteroatoms. The zero-order valence-corrected chi connectivity index (χ0v) is 14.1. The van der Waals surface area contributed by atoms with Gasteiger partial charge in [0, 0.05) is 29.7 Å². The van der Waals surface area contributed by atoms with Crippen LogP contribution in [0.3, 0.4) is 0 Å². The van der Waals surface area contributed by atoms with Gasteiger partial charge in [-0.05, 0) is 27.4 Å². The van der Waals surface area contributed by atoms with Crippen molar-refractivity contribution in [1.29, 1.82) is 0 Å². The highest BCUT2D eigenvalue weighted by molar-refractivity contribution is 9.10. The molecule has 1 aromatic carbocycles. The summed E-state index contributed by atoms with van der Waals surface area (Å²) in [6.45, 7) is -0.0656. The smallest absolute Gasteiger partial charge is 0.258 e. The van der Waals surface area contributed by atoms with Gasteiger partial charge in [0.25, 0.3) is 15.7 Å². The number of nitro groups is 1. The number of rotatable bonds is 5. The summed E-state index contributed by atoms with van der Waals surface area (Å²) in [5.74, 6) is 0. The van der Waals surface area contributed by atoms with E-state index in [-0.39, 0.29) is 16.4 Å². The standard InChI is InChI=1S/C12H11BrN2O4S2/c1-14(21(18,19)12-10(13)6-7-20-12)8-9-4-2-3-5-11(9)15(16)17/h2-7H,8H2,1H3. The van der Waals surface area contributed by atoms with Gasteiger partial charge in [0.15, 0.2) is 0 Å². The second-order valence-corrected chi connectivity index (χ2v) is 8.21. The molecule has 112 valence electrons. The van der Waals surface area contributed by atoms with Gasteiger partial charge in [0.1, 0.15) is 4.21 Å². The number of sulfonamides is 1. The van der Waals surface area contributed by atoms with Crippen LogP contribution in [0.5, 0.6) is 0 Å². The second-order valence-electron chi connectivity index (χ2n) is 4.20. The normalized spacial score (nSPS) is 11.8. The number of benzene rings is 1. The van der Waals surface area contributed by atoms with Gasteiger partial charge in [0.05, 0.1) is 4.92 Å². The third-order valence-electron chi connectivity index (χ3n) is 2.81. The topological polar surface area (TPSA) is 80.5 Å². The predicted octanol–water partition coefficient (Wildman–Crippen LogP) is 3.24. The first-order chi connectivity index (χ1) is 9.84. The fourth-order valence-corrected chi connectivity index (χ4v) is 5.40. The quantitative estimate of drug-likeness (QED) is 0.579. The van der Waals surface area contributed by atoms with Gasteiger partial charge < -0.3 is 0 Å². The lowest BCUT2D eigenvalue weighted by Crippen LogP contribution is -2.26. The van der Waals surface area contributed by atoms with Crippen molar-refractivity contribution in [2.45, 2.75) is 10.8 Å². The van der Waals surface area contributed by atoms with E-state index in [1.165, 1.54) is 13.1 Å². The largest absolute Gasteiger partial charge is 0.273 e. The molecule has 0 N–H and O–H groups in total. The molecule has 0 saturated carbocycles. The van der Waals surface area contributed by atoms with Crippen LogP contribution in [0.1, 0.15) is 5.56 Å². The molecule has 0 radical (unpaired) electrons. The van der Waals surface area contributed by atoms with Gasteiger partial charge in [0.2, 0.25) is 0 Å². The van der Waals surface area contributed by atoms with Crippen molar-refractivity contribution in [1.82, 2.24) is 4.31 Å². The molecule has 0 spiro atoms. The molecule has 0 saturated heterocycles. The molecule has 1 heterocycles. The second kappa shape index (κ2) is 6.22. The molecule has 0 aliphatic carbocycles. The Morgan fingerprint density at radius 1 is 1.33 bits per heavy atom. The number of nitrogens with zero attached hydrogens (tertiary/aromatic N) is 2. The van der Waals surface area contributed by atoms with Crippen LogP contribution in [0, 0.1) is 10.1 Å². The van der Waals surface area contributed by atoms with Crippen molar-refractivity contribution < 1.29 is 13.3 Å². The molecule has 2 aromatic rings. The van der Waals surface area contributed by atoms with Crippen LogP contribution in [-0.2, 0) is 16.6 Å². The van der Waals surface area contributed by atoms with E-state index in [4.69, 9.17) is 0 Å². The van der Waals surface area contributed by atoms with E-state index in [0.717, 1.165) is 15.6 Å². The van der Waals surface area contributed by atoms with E-state index in [0.29, 0.717) is 10.0 Å². The fraction of sp³-hybridized carbons (Fsp3) is 0.167. The maximum atomic E-state index is 12.4. The Morgan fingerprint density at radius 3 is 2.57 bits per heavy atom. The molecule has 0 aliphatic heterocycles. The minimum Gasteiger partial charge on any atom is -0.258 e. The molecule has 0 amide bonds. The lowest BCUT2D eigenvalue weighted by atomic mass is 10.2. The molecule has 21 heavy (non-hydrogen) atoms. The zero-order valence-electron chi connectivity index (χ0n) is 10.9. The minimum absolute atomic E-state index is 0.0656. The average molecular weight is 391 g/mol. The Hall–Kier alpha value is -1.29. The minimum atomic E-state index is -3.68. The van der Waals surface area contributed by atoms with E-state index >= 15 is 0 Å². The van der Waals surface area contributed by atoms with Crippen molar-refractivity contribution in [3.63, 3.8) is 0 Å². The van der Waals surface area contributed by atoms with Crippen LogP contribution in [0.15, 0.2) is 44.4 Å². The van der Waals surface area contributed by atoms with Crippen molar-refractivity contribution in [3.8, 4) is 0 Å². The van der Waals surface area contributed by atoms with E-state index in [9.17, 15) is 18.5 Å². The van der Waals surface area contributed by atoms with Gasteiger partial charge in [-0.15, -0.1) is 11.3 Å². The highest BCUT2D eigenvalue weighted by Gasteiger charge is 2.26. The maximum Gasteiger partial charge on any atom is 0.273 e. The highest BCUT2D eigenvalue weighted by Crippen LogP contribution is 2.31. The maximum absolute atomic E-state index is 12.4. The third kappa shape index (κ3) is 3.31. The summed E-state index contributed by atoms with van der Waals surface area (Å²) in [5.41, 5.74) is 0.256. The number of para-hydroxylation sites is 1. The van der Waals surface area contributed by atoms with Crippen molar-refractivity contribution in [2.75, 3.05) is 7.05 Å². The summed E-state index contributed by atoms with van der Waals surface area (Å²) in [7, 11) is -2.28. The lowest BCUT2D eigenvalue weighted by Gasteiger charge is -2.16. The van der Waals surface area contributed by atoms with E-state index in [1.807, 2.05) is 0 Å². The SMILES string of the molecule is CN(Cc1ccccc1[N+](=O)[O-])S(=O)(=O)c1sccc1Br. The molecule has 6 nitrogen and oxygen atoms in total. The van der Waals surface area contributed by atoms with Gasteiger partial charge >= 0.3 is 0 Å². The van der Waals surface area contributed by atoms with Crippen molar-refractivity contribution in [3.05, 3.63) is 55.9 Å². The van der Waals surface area contributed by atoms with Crippen LogP contribution >= 0.6 is 27.3 Å². The third-order valence-corrected chi connectivity index (χ3v) is 7.26. The van der Waals surface area contributed by atoms with Crippen molar-refractivity contribution in [2.24, 2.45) is 0 Å². The van der Waals surface area contributed by atoms with Gasteiger partial charge in [-0.1, -0.05) is 18.2 Å². The van der Waals surface area contributed by atoms with Gasteiger partial charge in [-0.2, -0.15) is 4.31 Å². The Bertz CT molecular complexity index is 773. The Labute approximate surface area is 134 Å². The summed E-state index contributed by atoms with van der Waals surface area (Å²) < 4.78 is 26.6. The summed E-state index contributed by atoms with van der Waals surface area (Å²) in [6, 6.07) is 7.75. The lowest BCUT2D eigenvalue weighted by molar-refractivity contribution is -0.385. The molecule has 0 unspecified atom stereocenters. The molecule has 1 aromatic heterocycles. The zero-order chi connectivity index (χ0) is 15.6. The van der Waals surface area contributed by atoms with Gasteiger partial charge in [-0.3, -0.25) is 10.1 Å². The number of halogens is 1. The first-order valence-electron chi connectivity index (χ1n) is 5.75. The molecule has 0 fully saturated rings. The number of thiophene rings is 1. The van der Waals surface area contributed by atoms with Crippen molar-refractivity contribution >= 4 is 43.0 Å². The predicted molar refractivity (Wildman–Crippen MR) is 83.8 cm³/mol. The molecular formula is C12H11BrN2O4S2. The first kappa shape index (κ1) is 16.1. The summed E-state index contributed by atoms with van der Waals surface area (Å²) in [4.78, 5) is 10.5. The van der Waals surface area contributed by atoms with Crippen LogP contribution < -0.4 is 0 Å². The van der Waals surface area contributed by atoms with E-state index in [1.54, 1.807) is 29.6 Å².